The number of hydrogen-bond acceptors (Lipinski definition) is 12. The molecule has 0 fully saturated rings. The van der Waals surface area contributed by atoms with Crippen molar-refractivity contribution in [2.24, 2.45) is 5.10 Å². The number of aromatic nitrogens is 5. The van der Waals surface area contributed by atoms with Gasteiger partial charge in [0.05, 0.1) is 24.9 Å². The van der Waals surface area contributed by atoms with Gasteiger partial charge in [-0.1, -0.05) is 17.3 Å². The van der Waals surface area contributed by atoms with Crippen molar-refractivity contribution in [1.82, 2.24) is 30.7 Å². The van der Waals surface area contributed by atoms with Crippen molar-refractivity contribution in [2.75, 3.05) is 19.5 Å². The maximum Gasteiger partial charge on any atom is 0.294 e. The van der Waals surface area contributed by atoms with E-state index in [1.54, 1.807) is 24.3 Å². The number of rotatable bonds is 9. The van der Waals surface area contributed by atoms with Crippen LogP contribution in [-0.4, -0.2) is 56.1 Å². The molecule has 0 aliphatic heterocycles. The maximum absolute atomic E-state index is 13.0. The minimum Gasteiger partial charge on any atom is -0.493 e. The molecule has 0 saturated heterocycles. The van der Waals surface area contributed by atoms with Gasteiger partial charge in [0.1, 0.15) is 5.69 Å². The van der Waals surface area contributed by atoms with Crippen LogP contribution in [-0.2, 0) is 0 Å². The monoisotopic (exact) mass is 493 g/mol. The summed E-state index contributed by atoms with van der Waals surface area (Å²) in [5.41, 5.74) is 8.69. The molecule has 0 saturated carbocycles. The van der Waals surface area contributed by atoms with Gasteiger partial charge in [0.2, 0.25) is 11.6 Å². The van der Waals surface area contributed by atoms with E-state index in [1.807, 2.05) is 6.92 Å². The first-order valence-corrected chi connectivity index (χ1v) is 10.4. The van der Waals surface area contributed by atoms with E-state index in [0.29, 0.717) is 23.7 Å². The van der Waals surface area contributed by atoms with Gasteiger partial charge < -0.3 is 15.2 Å². The van der Waals surface area contributed by atoms with E-state index in [0.717, 1.165) is 4.68 Å². The van der Waals surface area contributed by atoms with E-state index in [-0.39, 0.29) is 34.3 Å². The van der Waals surface area contributed by atoms with Crippen LogP contribution in [0.2, 0.25) is 0 Å². The number of carbonyl (C=O) groups is 1. The summed E-state index contributed by atoms with van der Waals surface area (Å²) in [5, 5.41) is 30.2. The third-order valence-corrected chi connectivity index (χ3v) is 4.78. The number of nitrogens with two attached hydrogens (primary N) is 1. The summed E-state index contributed by atoms with van der Waals surface area (Å²) in [6.45, 7) is 2.28. The highest BCUT2D eigenvalue weighted by Crippen LogP contribution is 2.29. The average Bonchev–Trinajstić information content (AvgIpc) is 3.50. The molecule has 15 nitrogen and oxygen atoms in total. The zero-order valence-electron chi connectivity index (χ0n) is 19.0. The fourth-order valence-electron chi connectivity index (χ4n) is 3.21. The first kappa shape index (κ1) is 23.8. The number of nitro groups is 1. The molecule has 0 atom stereocenters. The van der Waals surface area contributed by atoms with Crippen LogP contribution in [0.1, 0.15) is 23.0 Å². The normalized spacial score (nSPS) is 10.9. The summed E-state index contributed by atoms with van der Waals surface area (Å²) >= 11 is 0. The minimum absolute atomic E-state index is 0.0479. The smallest absolute Gasteiger partial charge is 0.294 e. The maximum atomic E-state index is 13.0. The zero-order valence-corrected chi connectivity index (χ0v) is 19.0. The summed E-state index contributed by atoms with van der Waals surface area (Å²) < 4.78 is 16.5. The SMILES string of the molecule is CCOc1cc(C=NNC(=O)c2nnn(-c3nonc3N)c2-c2cccc([N+](=O)[O-])c2)ccc1OC. The molecule has 4 aromatic rings. The minimum atomic E-state index is -0.743. The van der Waals surface area contributed by atoms with Crippen LogP contribution in [0.5, 0.6) is 11.5 Å². The molecule has 15 heteroatoms. The number of nitrogens with one attached hydrogen (secondary N) is 1. The summed E-state index contributed by atoms with van der Waals surface area (Å²) in [5.74, 6) is 0.157. The Labute approximate surface area is 202 Å². The van der Waals surface area contributed by atoms with Gasteiger partial charge in [-0.05, 0) is 41.0 Å². The quantitative estimate of drug-likeness (QED) is 0.196. The fraction of sp³-hybridized carbons (Fsp3) is 0.143. The zero-order chi connectivity index (χ0) is 25.7. The number of hydrogen-bond donors (Lipinski definition) is 2. The van der Waals surface area contributed by atoms with Crippen molar-refractivity contribution in [3.05, 3.63) is 63.8 Å². The van der Waals surface area contributed by atoms with Crippen LogP contribution < -0.4 is 20.6 Å². The van der Waals surface area contributed by atoms with Gasteiger partial charge in [-0.15, -0.1) is 5.10 Å². The summed E-state index contributed by atoms with van der Waals surface area (Å²) in [7, 11) is 1.53. The van der Waals surface area contributed by atoms with Gasteiger partial charge in [-0.25, -0.2) is 10.1 Å². The lowest BCUT2D eigenvalue weighted by Gasteiger charge is -2.09. The topological polar surface area (TPSA) is 199 Å². The summed E-state index contributed by atoms with van der Waals surface area (Å²) in [6.07, 6.45) is 1.40. The van der Waals surface area contributed by atoms with Gasteiger partial charge in [0, 0.05) is 17.7 Å². The third kappa shape index (κ3) is 4.79. The molecule has 184 valence electrons. The van der Waals surface area contributed by atoms with Crippen molar-refractivity contribution in [2.45, 2.75) is 6.92 Å². The number of nitrogen functional groups attached to an aromatic ring is 1. The number of hydrazone groups is 1. The van der Waals surface area contributed by atoms with Gasteiger partial charge in [-0.3, -0.25) is 14.9 Å². The molecule has 2 heterocycles. The highest BCUT2D eigenvalue weighted by molar-refractivity contribution is 5.99. The average molecular weight is 493 g/mol. The number of nitrogens with zero attached hydrogens (tertiary/aromatic N) is 7. The van der Waals surface area contributed by atoms with Gasteiger partial charge >= 0.3 is 0 Å². The summed E-state index contributed by atoms with van der Waals surface area (Å²) in [4.78, 5) is 23.7. The van der Waals surface area contributed by atoms with Crippen molar-refractivity contribution >= 4 is 23.6 Å². The molecule has 2 aromatic carbocycles. The number of carbonyl (C=O) groups excluding carboxylic acids is 1. The molecule has 0 unspecified atom stereocenters. The molecule has 0 radical (unpaired) electrons. The standard InChI is InChI=1S/C21H19N9O6/c1-3-35-16-9-12(7-8-15(16)34-2)11-23-25-21(31)17-18(13-5-4-6-14(10-13)30(32)33)29(28-24-17)20-19(22)26-36-27-20/h4-11H,3H2,1-2H3,(H2,22,26)(H,25,31). The first-order valence-electron chi connectivity index (χ1n) is 10.4. The molecule has 4 rings (SSSR count). The molecular formula is C21H19N9O6. The van der Waals surface area contributed by atoms with E-state index in [1.165, 1.54) is 31.5 Å². The number of amides is 1. The lowest BCUT2D eigenvalue weighted by atomic mass is 10.1. The van der Waals surface area contributed by atoms with Crippen LogP contribution in [0.25, 0.3) is 17.1 Å². The Morgan fingerprint density at radius 3 is 2.81 bits per heavy atom. The van der Waals surface area contributed by atoms with Crippen LogP contribution in [0, 0.1) is 10.1 Å². The number of benzene rings is 2. The van der Waals surface area contributed by atoms with Crippen molar-refractivity contribution in [3.8, 4) is 28.6 Å². The second-order valence-corrected chi connectivity index (χ2v) is 7.02. The molecule has 0 spiro atoms. The molecule has 3 N–H and O–H groups in total. The lowest BCUT2D eigenvalue weighted by Crippen LogP contribution is -2.19. The molecule has 0 aliphatic carbocycles. The Balaban J connectivity index is 1.67. The molecule has 1 amide bonds. The lowest BCUT2D eigenvalue weighted by molar-refractivity contribution is -0.384. The van der Waals surface area contributed by atoms with Crippen molar-refractivity contribution in [1.29, 1.82) is 0 Å². The van der Waals surface area contributed by atoms with Crippen LogP contribution in [0.15, 0.2) is 52.2 Å². The highest BCUT2D eigenvalue weighted by Gasteiger charge is 2.26. The van der Waals surface area contributed by atoms with Crippen molar-refractivity contribution < 1.29 is 23.8 Å². The Hall–Kier alpha value is -5.34. The Bertz CT molecular complexity index is 1450. The van der Waals surface area contributed by atoms with E-state index < -0.39 is 10.8 Å². The van der Waals surface area contributed by atoms with Crippen LogP contribution in [0.4, 0.5) is 11.5 Å². The van der Waals surface area contributed by atoms with Crippen LogP contribution in [0.3, 0.4) is 0 Å². The Morgan fingerprint density at radius 2 is 2.11 bits per heavy atom. The molecule has 0 aliphatic rings. The number of nitro benzene ring substituents is 1. The van der Waals surface area contributed by atoms with Gasteiger partial charge in [-0.2, -0.15) is 9.78 Å². The van der Waals surface area contributed by atoms with E-state index in [2.05, 4.69) is 35.8 Å². The number of anilines is 1. The molecule has 2 aromatic heterocycles. The highest BCUT2D eigenvalue weighted by atomic mass is 16.6. The van der Waals surface area contributed by atoms with Gasteiger partial charge in [0.25, 0.3) is 11.6 Å². The Morgan fingerprint density at radius 1 is 1.28 bits per heavy atom. The van der Waals surface area contributed by atoms with E-state index >= 15 is 0 Å². The summed E-state index contributed by atoms with van der Waals surface area (Å²) in [6, 6.07) is 10.7. The third-order valence-electron chi connectivity index (χ3n) is 4.78. The second kappa shape index (κ2) is 10.3. The molecular weight excluding hydrogens is 474 g/mol. The fourth-order valence-corrected chi connectivity index (χ4v) is 3.21. The van der Waals surface area contributed by atoms with Gasteiger partial charge in [0.15, 0.2) is 17.2 Å². The predicted octanol–water partition coefficient (Wildman–Crippen LogP) is 1.98. The number of ether oxygens (including phenoxy) is 2. The predicted molar refractivity (Wildman–Crippen MR) is 125 cm³/mol. The van der Waals surface area contributed by atoms with E-state index in [9.17, 15) is 14.9 Å². The van der Waals surface area contributed by atoms with E-state index in [4.69, 9.17) is 15.2 Å². The first-order chi connectivity index (χ1) is 17.4. The van der Waals surface area contributed by atoms with Crippen LogP contribution >= 0.6 is 0 Å². The number of non-ortho nitro benzene ring substituents is 1. The second-order valence-electron chi connectivity index (χ2n) is 7.02. The molecule has 36 heavy (non-hydrogen) atoms. The molecule has 0 bridgehead atoms. The van der Waals surface area contributed by atoms with Crippen molar-refractivity contribution in [3.63, 3.8) is 0 Å². The largest absolute Gasteiger partial charge is 0.493 e. The Kier molecular flexibility index (Phi) is 6.80. The number of methoxy groups -OCH3 is 1.